The minimum absolute atomic E-state index is 0.317. The molecule has 0 bridgehead atoms. The van der Waals surface area contributed by atoms with Crippen molar-refractivity contribution in [3.8, 4) is 5.75 Å². The second kappa shape index (κ2) is 5.73. The van der Waals surface area contributed by atoms with Crippen LogP contribution in [0.2, 0.25) is 0 Å². The Labute approximate surface area is 113 Å². The van der Waals surface area contributed by atoms with Crippen molar-refractivity contribution < 1.29 is 4.74 Å². The third-order valence-corrected chi connectivity index (χ3v) is 2.98. The van der Waals surface area contributed by atoms with Gasteiger partial charge in [-0.3, -0.25) is 0 Å². The highest BCUT2D eigenvalue weighted by molar-refractivity contribution is 5.50. The summed E-state index contributed by atoms with van der Waals surface area (Å²) in [6.07, 6.45) is 1.59. The van der Waals surface area contributed by atoms with E-state index in [4.69, 9.17) is 4.74 Å². The van der Waals surface area contributed by atoms with Crippen LogP contribution in [0.3, 0.4) is 0 Å². The Morgan fingerprint density at radius 1 is 1.37 bits per heavy atom. The number of nitrogens with one attached hydrogen (secondary N) is 1. The number of aromatic nitrogens is 3. The zero-order valence-electron chi connectivity index (χ0n) is 11.8. The summed E-state index contributed by atoms with van der Waals surface area (Å²) in [4.78, 5) is 4.27. The van der Waals surface area contributed by atoms with Gasteiger partial charge in [-0.1, -0.05) is 0 Å². The summed E-state index contributed by atoms with van der Waals surface area (Å²) in [5.41, 5.74) is 2.16. The van der Waals surface area contributed by atoms with Gasteiger partial charge < -0.3 is 10.1 Å². The molecule has 1 aromatic heterocycles. The van der Waals surface area contributed by atoms with Gasteiger partial charge >= 0.3 is 0 Å². The van der Waals surface area contributed by atoms with Crippen LogP contribution in [-0.4, -0.2) is 21.9 Å². The van der Waals surface area contributed by atoms with E-state index in [-0.39, 0.29) is 0 Å². The highest BCUT2D eigenvalue weighted by Gasteiger charge is 2.07. The maximum Gasteiger partial charge on any atom is 0.146 e. The number of ether oxygens (including phenoxy) is 1. The lowest BCUT2D eigenvalue weighted by molar-refractivity contribution is 0.412. The zero-order chi connectivity index (χ0) is 13.8. The largest absolute Gasteiger partial charge is 0.496 e. The van der Waals surface area contributed by atoms with E-state index in [0.29, 0.717) is 12.6 Å². The molecule has 1 heterocycles. The van der Waals surface area contributed by atoms with Crippen LogP contribution in [0.1, 0.15) is 31.3 Å². The van der Waals surface area contributed by atoms with Crippen LogP contribution >= 0.6 is 0 Å². The summed E-state index contributed by atoms with van der Waals surface area (Å²) in [5.74, 6) is 1.83. The SMILES string of the molecule is COc1ccc(NCc2ncnn2C(C)C)cc1C. The van der Waals surface area contributed by atoms with E-state index in [1.165, 1.54) is 0 Å². The van der Waals surface area contributed by atoms with E-state index in [1.54, 1.807) is 13.4 Å². The number of hydrogen-bond donors (Lipinski definition) is 1. The van der Waals surface area contributed by atoms with E-state index in [9.17, 15) is 0 Å². The lowest BCUT2D eigenvalue weighted by Crippen LogP contribution is -2.12. The van der Waals surface area contributed by atoms with Crippen LogP contribution in [0.25, 0.3) is 0 Å². The van der Waals surface area contributed by atoms with Crippen molar-refractivity contribution in [3.63, 3.8) is 0 Å². The molecule has 0 atom stereocenters. The number of benzene rings is 1. The van der Waals surface area contributed by atoms with Crippen molar-refractivity contribution in [1.82, 2.24) is 14.8 Å². The fraction of sp³-hybridized carbons (Fsp3) is 0.429. The van der Waals surface area contributed by atoms with Crippen molar-refractivity contribution in [2.45, 2.75) is 33.4 Å². The molecular formula is C14H20N4O. The fourth-order valence-electron chi connectivity index (χ4n) is 2.00. The van der Waals surface area contributed by atoms with Gasteiger partial charge in [0.05, 0.1) is 13.7 Å². The molecular weight excluding hydrogens is 240 g/mol. The highest BCUT2D eigenvalue weighted by atomic mass is 16.5. The number of nitrogens with zero attached hydrogens (tertiary/aromatic N) is 3. The van der Waals surface area contributed by atoms with Crippen LogP contribution in [0.15, 0.2) is 24.5 Å². The molecule has 0 amide bonds. The third-order valence-electron chi connectivity index (χ3n) is 2.98. The zero-order valence-corrected chi connectivity index (χ0v) is 11.8. The molecule has 0 fully saturated rings. The maximum absolute atomic E-state index is 5.25. The van der Waals surface area contributed by atoms with E-state index < -0.39 is 0 Å². The Hall–Kier alpha value is -2.04. The van der Waals surface area contributed by atoms with E-state index in [1.807, 2.05) is 23.7 Å². The van der Waals surface area contributed by atoms with Gasteiger partial charge in [-0.2, -0.15) is 5.10 Å². The van der Waals surface area contributed by atoms with Gasteiger partial charge in [-0.15, -0.1) is 0 Å². The molecule has 0 spiro atoms. The highest BCUT2D eigenvalue weighted by Crippen LogP contribution is 2.21. The minimum Gasteiger partial charge on any atom is -0.496 e. The topological polar surface area (TPSA) is 52.0 Å². The first-order valence-corrected chi connectivity index (χ1v) is 6.38. The van der Waals surface area contributed by atoms with Crippen LogP contribution in [0.4, 0.5) is 5.69 Å². The number of hydrogen-bond acceptors (Lipinski definition) is 4. The lowest BCUT2D eigenvalue weighted by atomic mass is 10.2. The van der Waals surface area contributed by atoms with E-state index in [0.717, 1.165) is 22.8 Å². The summed E-state index contributed by atoms with van der Waals surface area (Å²) >= 11 is 0. The van der Waals surface area contributed by atoms with Gasteiger partial charge in [0.2, 0.25) is 0 Å². The molecule has 0 saturated heterocycles. The smallest absolute Gasteiger partial charge is 0.146 e. The average molecular weight is 260 g/mol. The van der Waals surface area contributed by atoms with E-state index >= 15 is 0 Å². The van der Waals surface area contributed by atoms with Gasteiger partial charge in [0.25, 0.3) is 0 Å². The van der Waals surface area contributed by atoms with Crippen molar-refractivity contribution >= 4 is 5.69 Å². The normalized spacial score (nSPS) is 10.8. The predicted octanol–water partition coefficient (Wildman–Crippen LogP) is 2.79. The molecule has 1 N–H and O–H groups in total. The van der Waals surface area contributed by atoms with Crippen LogP contribution in [0.5, 0.6) is 5.75 Å². The molecule has 5 nitrogen and oxygen atoms in total. The summed E-state index contributed by atoms with van der Waals surface area (Å²) in [5, 5.41) is 7.57. The first-order valence-electron chi connectivity index (χ1n) is 6.38. The predicted molar refractivity (Wildman–Crippen MR) is 75.5 cm³/mol. The van der Waals surface area contributed by atoms with Crippen molar-refractivity contribution in [2.75, 3.05) is 12.4 Å². The van der Waals surface area contributed by atoms with Gasteiger partial charge in [0, 0.05) is 11.7 Å². The quantitative estimate of drug-likeness (QED) is 0.898. The van der Waals surface area contributed by atoms with Gasteiger partial charge in [0.1, 0.15) is 17.9 Å². The Bertz CT molecular complexity index is 548. The first-order chi connectivity index (χ1) is 9.11. The summed E-state index contributed by atoms with van der Waals surface area (Å²) < 4.78 is 7.17. The molecule has 2 rings (SSSR count). The molecule has 0 aliphatic heterocycles. The van der Waals surface area contributed by atoms with Gasteiger partial charge in [-0.25, -0.2) is 9.67 Å². The molecule has 0 unspecified atom stereocenters. The standard InChI is InChI=1S/C14H20N4O/c1-10(2)18-14(16-9-17-18)8-15-12-5-6-13(19-4)11(3)7-12/h5-7,9-10,15H,8H2,1-4H3. The number of aryl methyl sites for hydroxylation is 1. The third kappa shape index (κ3) is 3.05. The molecule has 2 aromatic rings. The van der Waals surface area contributed by atoms with Crippen LogP contribution in [-0.2, 0) is 6.54 Å². The molecule has 5 heteroatoms. The molecule has 0 radical (unpaired) electrons. The second-order valence-electron chi connectivity index (χ2n) is 4.75. The Kier molecular flexibility index (Phi) is 4.04. The van der Waals surface area contributed by atoms with Crippen LogP contribution < -0.4 is 10.1 Å². The molecule has 0 aliphatic carbocycles. The van der Waals surface area contributed by atoms with Crippen LogP contribution in [0, 0.1) is 6.92 Å². The van der Waals surface area contributed by atoms with E-state index in [2.05, 4.69) is 35.3 Å². The molecule has 0 saturated carbocycles. The van der Waals surface area contributed by atoms with Gasteiger partial charge in [-0.05, 0) is 44.5 Å². The monoisotopic (exact) mass is 260 g/mol. The molecule has 0 aliphatic rings. The summed E-state index contributed by atoms with van der Waals surface area (Å²) in [6, 6.07) is 6.35. The molecule has 1 aromatic carbocycles. The Balaban J connectivity index is 2.06. The molecule has 102 valence electrons. The van der Waals surface area contributed by atoms with Crippen molar-refractivity contribution in [3.05, 3.63) is 35.9 Å². The number of rotatable bonds is 5. The maximum atomic E-state index is 5.25. The fourth-order valence-corrected chi connectivity index (χ4v) is 2.00. The van der Waals surface area contributed by atoms with Crippen molar-refractivity contribution in [2.24, 2.45) is 0 Å². The first kappa shape index (κ1) is 13.4. The van der Waals surface area contributed by atoms with Gasteiger partial charge in [0.15, 0.2) is 0 Å². The molecule has 19 heavy (non-hydrogen) atoms. The second-order valence-corrected chi connectivity index (χ2v) is 4.75. The Morgan fingerprint density at radius 3 is 2.79 bits per heavy atom. The van der Waals surface area contributed by atoms with Crippen molar-refractivity contribution in [1.29, 1.82) is 0 Å². The summed E-state index contributed by atoms with van der Waals surface area (Å²) in [6.45, 7) is 6.87. The number of anilines is 1. The average Bonchev–Trinajstić information content (AvgIpc) is 2.85. The minimum atomic E-state index is 0.317. The Morgan fingerprint density at radius 2 is 2.16 bits per heavy atom. The summed E-state index contributed by atoms with van der Waals surface area (Å²) in [7, 11) is 1.68. The number of methoxy groups -OCH3 is 1. The lowest BCUT2D eigenvalue weighted by Gasteiger charge is -2.12.